The van der Waals surface area contributed by atoms with Crippen molar-refractivity contribution in [3.05, 3.63) is 44.6 Å². The van der Waals surface area contributed by atoms with Crippen LogP contribution in [0.1, 0.15) is 59.5 Å². The van der Waals surface area contributed by atoms with Crippen LogP contribution in [0.3, 0.4) is 0 Å². The number of nitrogens with zero attached hydrogens (tertiary/aromatic N) is 2. The smallest absolute Gasteiger partial charge is 0.252 e. The van der Waals surface area contributed by atoms with Gasteiger partial charge in [-0.15, -0.1) is 11.3 Å². The zero-order chi connectivity index (χ0) is 15.6. The third kappa shape index (κ3) is 4.02. The van der Waals surface area contributed by atoms with Gasteiger partial charge >= 0.3 is 0 Å². The van der Waals surface area contributed by atoms with Gasteiger partial charge in [0.2, 0.25) is 0 Å². The van der Waals surface area contributed by atoms with Crippen molar-refractivity contribution >= 4 is 28.8 Å². The molecule has 1 atom stereocenters. The first kappa shape index (κ1) is 15.9. The predicted octanol–water partition coefficient (Wildman–Crippen LogP) is 4.11. The molecule has 21 heavy (non-hydrogen) atoms. The highest BCUT2D eigenvalue weighted by atomic mass is 35.5. The first-order valence-corrected chi connectivity index (χ1v) is 8.03. The van der Waals surface area contributed by atoms with Crippen molar-refractivity contribution in [2.45, 2.75) is 39.7 Å². The number of thiazole rings is 1. The molecule has 0 spiro atoms. The zero-order valence-electron chi connectivity index (χ0n) is 12.5. The average molecular weight is 324 g/mol. The molecule has 0 saturated heterocycles. The Kier molecular flexibility index (Phi) is 4.96. The van der Waals surface area contributed by atoms with Crippen LogP contribution >= 0.6 is 22.9 Å². The van der Waals surface area contributed by atoms with Crippen molar-refractivity contribution < 1.29 is 4.79 Å². The van der Waals surface area contributed by atoms with E-state index in [9.17, 15) is 4.79 Å². The summed E-state index contributed by atoms with van der Waals surface area (Å²) in [6, 6.07) is 3.24. The lowest BCUT2D eigenvalue weighted by Gasteiger charge is -2.13. The van der Waals surface area contributed by atoms with E-state index in [1.165, 1.54) is 0 Å². The minimum absolute atomic E-state index is 0.134. The fourth-order valence-corrected chi connectivity index (χ4v) is 2.88. The molecule has 112 valence electrons. The summed E-state index contributed by atoms with van der Waals surface area (Å²) in [4.78, 5) is 21.0. The summed E-state index contributed by atoms with van der Waals surface area (Å²) in [7, 11) is 0. The lowest BCUT2D eigenvalue weighted by Crippen LogP contribution is -2.26. The Hall–Kier alpha value is -1.46. The van der Waals surface area contributed by atoms with E-state index >= 15 is 0 Å². The lowest BCUT2D eigenvalue weighted by molar-refractivity contribution is 0.0939. The molecule has 1 amide bonds. The number of pyridine rings is 1. The van der Waals surface area contributed by atoms with E-state index in [4.69, 9.17) is 11.6 Å². The van der Waals surface area contributed by atoms with Gasteiger partial charge in [-0.05, 0) is 31.9 Å². The number of hydrogen-bond acceptors (Lipinski definition) is 4. The van der Waals surface area contributed by atoms with Crippen LogP contribution in [0.2, 0.25) is 5.15 Å². The molecule has 6 heteroatoms. The van der Waals surface area contributed by atoms with Crippen LogP contribution in [0, 0.1) is 6.92 Å². The van der Waals surface area contributed by atoms with E-state index in [-0.39, 0.29) is 17.9 Å². The SMILES string of the molecule is Cc1csc(C(C)NC(=O)c2cc(Cl)nc(C(C)C)c2)n1. The number of aromatic nitrogens is 2. The average Bonchev–Trinajstić information content (AvgIpc) is 2.84. The molecule has 0 saturated carbocycles. The molecule has 0 radical (unpaired) electrons. The monoisotopic (exact) mass is 323 g/mol. The molecule has 1 unspecified atom stereocenters. The first-order chi connectivity index (χ1) is 9.86. The van der Waals surface area contributed by atoms with Gasteiger partial charge in [0, 0.05) is 22.3 Å². The standard InChI is InChI=1S/C15H18ClN3OS/c1-8(2)12-5-11(6-13(16)19-12)14(20)18-10(4)15-17-9(3)7-21-15/h5-8,10H,1-4H3,(H,18,20). The number of carbonyl (C=O) groups excluding carboxylic acids is 1. The van der Waals surface area contributed by atoms with Crippen molar-refractivity contribution in [1.29, 1.82) is 0 Å². The van der Waals surface area contributed by atoms with E-state index in [1.807, 2.05) is 33.1 Å². The van der Waals surface area contributed by atoms with E-state index in [1.54, 1.807) is 23.5 Å². The number of carbonyl (C=O) groups is 1. The summed E-state index contributed by atoms with van der Waals surface area (Å²) >= 11 is 7.54. The Bertz CT molecular complexity index is 654. The van der Waals surface area contributed by atoms with E-state index in [2.05, 4.69) is 15.3 Å². The van der Waals surface area contributed by atoms with E-state index in [0.717, 1.165) is 16.4 Å². The number of amides is 1. The minimum atomic E-state index is -0.165. The Morgan fingerprint density at radius 3 is 2.57 bits per heavy atom. The predicted molar refractivity (Wildman–Crippen MR) is 86.1 cm³/mol. The van der Waals surface area contributed by atoms with Gasteiger partial charge in [0.1, 0.15) is 10.2 Å². The summed E-state index contributed by atoms with van der Waals surface area (Å²) in [5.74, 6) is 0.0517. The summed E-state index contributed by atoms with van der Waals surface area (Å²) < 4.78 is 0. The molecule has 2 rings (SSSR count). The van der Waals surface area contributed by atoms with Crippen LogP contribution in [0.5, 0.6) is 0 Å². The van der Waals surface area contributed by atoms with Crippen LogP contribution in [0.25, 0.3) is 0 Å². The van der Waals surface area contributed by atoms with Gasteiger partial charge in [-0.2, -0.15) is 0 Å². The Morgan fingerprint density at radius 2 is 2.00 bits per heavy atom. The highest BCUT2D eigenvalue weighted by molar-refractivity contribution is 7.09. The maximum Gasteiger partial charge on any atom is 0.252 e. The van der Waals surface area contributed by atoms with Crippen molar-refractivity contribution in [2.24, 2.45) is 0 Å². The summed E-state index contributed by atoms with van der Waals surface area (Å²) in [6.45, 7) is 7.89. The number of halogens is 1. The second kappa shape index (κ2) is 6.54. The second-order valence-corrected chi connectivity index (χ2v) is 6.56. The molecule has 2 aromatic heterocycles. The number of hydrogen-bond donors (Lipinski definition) is 1. The first-order valence-electron chi connectivity index (χ1n) is 6.77. The Labute approximate surface area is 133 Å². The number of aryl methyl sites for hydroxylation is 1. The molecular weight excluding hydrogens is 306 g/mol. The third-order valence-corrected chi connectivity index (χ3v) is 4.36. The van der Waals surface area contributed by atoms with Crippen LogP contribution in [-0.2, 0) is 0 Å². The molecule has 0 aliphatic rings. The largest absolute Gasteiger partial charge is 0.343 e. The van der Waals surface area contributed by atoms with Crippen LogP contribution in [0.4, 0.5) is 0 Å². The Balaban J connectivity index is 2.16. The van der Waals surface area contributed by atoms with Gasteiger partial charge in [0.25, 0.3) is 5.91 Å². The maximum absolute atomic E-state index is 12.3. The summed E-state index contributed by atoms with van der Waals surface area (Å²) in [5.41, 5.74) is 2.30. The lowest BCUT2D eigenvalue weighted by atomic mass is 10.1. The molecule has 2 heterocycles. The zero-order valence-corrected chi connectivity index (χ0v) is 14.0. The fourth-order valence-electron chi connectivity index (χ4n) is 1.86. The molecule has 0 aliphatic carbocycles. The minimum Gasteiger partial charge on any atom is -0.343 e. The molecule has 1 N–H and O–H groups in total. The number of nitrogens with one attached hydrogen (secondary N) is 1. The summed E-state index contributed by atoms with van der Waals surface area (Å²) in [5, 5.41) is 6.14. The molecule has 0 aromatic carbocycles. The number of rotatable bonds is 4. The third-order valence-electron chi connectivity index (χ3n) is 3.02. The van der Waals surface area contributed by atoms with Crippen LogP contribution in [-0.4, -0.2) is 15.9 Å². The fraction of sp³-hybridized carbons (Fsp3) is 0.400. The second-order valence-electron chi connectivity index (χ2n) is 5.28. The van der Waals surface area contributed by atoms with E-state index in [0.29, 0.717) is 10.7 Å². The van der Waals surface area contributed by atoms with Crippen molar-refractivity contribution in [1.82, 2.24) is 15.3 Å². The van der Waals surface area contributed by atoms with Crippen LogP contribution in [0.15, 0.2) is 17.5 Å². The van der Waals surface area contributed by atoms with Crippen molar-refractivity contribution in [3.63, 3.8) is 0 Å². The molecule has 0 aliphatic heterocycles. The summed E-state index contributed by atoms with van der Waals surface area (Å²) in [6.07, 6.45) is 0. The Morgan fingerprint density at radius 1 is 1.29 bits per heavy atom. The van der Waals surface area contributed by atoms with Gasteiger partial charge in [-0.25, -0.2) is 9.97 Å². The quantitative estimate of drug-likeness (QED) is 0.861. The van der Waals surface area contributed by atoms with Crippen molar-refractivity contribution in [3.8, 4) is 0 Å². The normalized spacial score (nSPS) is 12.5. The molecule has 0 fully saturated rings. The molecular formula is C15H18ClN3OS. The van der Waals surface area contributed by atoms with E-state index < -0.39 is 0 Å². The van der Waals surface area contributed by atoms with Gasteiger partial charge in [-0.3, -0.25) is 4.79 Å². The highest BCUT2D eigenvalue weighted by Crippen LogP contribution is 2.20. The molecule has 4 nitrogen and oxygen atoms in total. The van der Waals surface area contributed by atoms with Gasteiger partial charge in [-0.1, -0.05) is 25.4 Å². The topological polar surface area (TPSA) is 54.9 Å². The molecule has 0 bridgehead atoms. The van der Waals surface area contributed by atoms with Crippen LogP contribution < -0.4 is 5.32 Å². The van der Waals surface area contributed by atoms with Gasteiger partial charge in [0.15, 0.2) is 0 Å². The van der Waals surface area contributed by atoms with Gasteiger partial charge in [0.05, 0.1) is 6.04 Å². The maximum atomic E-state index is 12.3. The highest BCUT2D eigenvalue weighted by Gasteiger charge is 2.16. The van der Waals surface area contributed by atoms with Crippen molar-refractivity contribution in [2.75, 3.05) is 0 Å². The van der Waals surface area contributed by atoms with Gasteiger partial charge < -0.3 is 5.32 Å². The molecule has 2 aromatic rings.